The van der Waals surface area contributed by atoms with E-state index < -0.39 is 14.9 Å². The molecule has 1 aliphatic heterocycles. The van der Waals surface area contributed by atoms with E-state index in [-0.39, 0.29) is 16.3 Å². The summed E-state index contributed by atoms with van der Waals surface area (Å²) in [6.07, 6.45) is 3.87. The second-order valence-corrected chi connectivity index (χ2v) is 7.27. The van der Waals surface area contributed by atoms with Gasteiger partial charge in [-0.1, -0.05) is 0 Å². The SMILES string of the molecule is NS(=O)(=O)c1ccc(Nc2ccc(N3CCCC3)nc2)c([N+](=O)[O-])c1. The fourth-order valence-electron chi connectivity index (χ4n) is 2.69. The zero-order chi connectivity index (χ0) is 18.0. The Kier molecular flexibility index (Phi) is 4.55. The minimum absolute atomic E-state index is 0.160. The number of hydrogen-bond donors (Lipinski definition) is 2. The molecule has 1 saturated heterocycles. The Labute approximate surface area is 144 Å². The van der Waals surface area contributed by atoms with E-state index >= 15 is 0 Å². The van der Waals surface area contributed by atoms with Crippen LogP contribution < -0.4 is 15.4 Å². The Morgan fingerprint density at radius 2 is 1.92 bits per heavy atom. The monoisotopic (exact) mass is 363 g/mol. The van der Waals surface area contributed by atoms with Crippen LogP contribution in [0.4, 0.5) is 22.9 Å². The minimum atomic E-state index is -4.01. The number of sulfonamides is 1. The number of pyridine rings is 1. The van der Waals surface area contributed by atoms with Gasteiger partial charge in [0, 0.05) is 19.2 Å². The zero-order valence-corrected chi connectivity index (χ0v) is 14.1. The molecule has 1 fully saturated rings. The molecule has 1 aliphatic rings. The molecular weight excluding hydrogens is 346 g/mol. The third kappa shape index (κ3) is 3.86. The summed E-state index contributed by atoms with van der Waals surface area (Å²) in [5.41, 5.74) is 0.345. The number of primary sulfonamides is 1. The van der Waals surface area contributed by atoms with Crippen molar-refractivity contribution >= 4 is 32.9 Å². The van der Waals surface area contributed by atoms with E-state index in [1.165, 1.54) is 12.1 Å². The van der Waals surface area contributed by atoms with Crippen molar-refractivity contribution < 1.29 is 13.3 Å². The summed E-state index contributed by atoms with van der Waals surface area (Å²) < 4.78 is 22.7. The van der Waals surface area contributed by atoms with Gasteiger partial charge >= 0.3 is 0 Å². The van der Waals surface area contributed by atoms with Crippen LogP contribution in [0.1, 0.15) is 12.8 Å². The van der Waals surface area contributed by atoms with Gasteiger partial charge in [0.15, 0.2) is 0 Å². The maximum absolute atomic E-state index is 11.4. The molecule has 25 heavy (non-hydrogen) atoms. The van der Waals surface area contributed by atoms with Gasteiger partial charge in [-0.3, -0.25) is 10.1 Å². The fraction of sp³-hybridized carbons (Fsp3) is 0.267. The molecule has 132 valence electrons. The molecule has 3 rings (SSSR count). The molecule has 2 aromatic rings. The molecular formula is C15H17N5O4S. The molecule has 0 unspecified atom stereocenters. The summed E-state index contributed by atoms with van der Waals surface area (Å²) in [6, 6.07) is 7.09. The maximum atomic E-state index is 11.4. The van der Waals surface area contributed by atoms with Gasteiger partial charge in [-0.05, 0) is 37.1 Å². The summed E-state index contributed by atoms with van der Waals surface area (Å²) >= 11 is 0. The molecule has 1 aromatic heterocycles. The largest absolute Gasteiger partial charge is 0.357 e. The number of hydrogen-bond acceptors (Lipinski definition) is 7. The number of aromatic nitrogens is 1. The molecule has 0 amide bonds. The van der Waals surface area contributed by atoms with Crippen LogP contribution in [0.15, 0.2) is 41.4 Å². The normalized spacial score (nSPS) is 14.5. The predicted molar refractivity (Wildman–Crippen MR) is 93.4 cm³/mol. The van der Waals surface area contributed by atoms with Crippen LogP contribution in [0.3, 0.4) is 0 Å². The molecule has 0 aliphatic carbocycles. The number of nitrogens with zero attached hydrogens (tertiary/aromatic N) is 3. The molecule has 0 atom stereocenters. The summed E-state index contributed by atoms with van der Waals surface area (Å²) in [5, 5.41) is 19.1. The van der Waals surface area contributed by atoms with Crippen LogP contribution >= 0.6 is 0 Å². The Morgan fingerprint density at radius 3 is 2.48 bits per heavy atom. The number of rotatable bonds is 5. The molecule has 2 heterocycles. The highest BCUT2D eigenvalue weighted by molar-refractivity contribution is 7.89. The second kappa shape index (κ2) is 6.65. The van der Waals surface area contributed by atoms with E-state index in [1.807, 2.05) is 6.07 Å². The average molecular weight is 363 g/mol. The van der Waals surface area contributed by atoms with Crippen LogP contribution in [0.5, 0.6) is 0 Å². The molecule has 1 aromatic carbocycles. The maximum Gasteiger partial charge on any atom is 0.294 e. The van der Waals surface area contributed by atoms with Gasteiger partial charge in [0.05, 0.1) is 21.7 Å². The highest BCUT2D eigenvalue weighted by Gasteiger charge is 2.19. The third-order valence-corrected chi connectivity index (χ3v) is 4.86. The van der Waals surface area contributed by atoms with Crippen LogP contribution in [0.2, 0.25) is 0 Å². The van der Waals surface area contributed by atoms with E-state index in [4.69, 9.17) is 5.14 Å². The molecule has 0 spiro atoms. The summed E-state index contributed by atoms with van der Waals surface area (Å²) in [7, 11) is -4.01. The van der Waals surface area contributed by atoms with Crippen molar-refractivity contribution in [2.24, 2.45) is 5.14 Å². The topological polar surface area (TPSA) is 131 Å². The summed E-state index contributed by atoms with van der Waals surface area (Å²) in [5.74, 6) is 0.863. The van der Waals surface area contributed by atoms with Crippen molar-refractivity contribution in [2.75, 3.05) is 23.3 Å². The quantitative estimate of drug-likeness (QED) is 0.613. The molecule has 0 radical (unpaired) electrons. The Hall–Kier alpha value is -2.72. The number of anilines is 3. The van der Waals surface area contributed by atoms with Crippen LogP contribution in [0.25, 0.3) is 0 Å². The average Bonchev–Trinajstić information content (AvgIpc) is 3.09. The lowest BCUT2D eigenvalue weighted by Crippen LogP contribution is -2.18. The fourth-order valence-corrected chi connectivity index (χ4v) is 3.23. The van der Waals surface area contributed by atoms with E-state index in [2.05, 4.69) is 15.2 Å². The second-order valence-electron chi connectivity index (χ2n) is 5.71. The van der Waals surface area contributed by atoms with Gasteiger partial charge in [-0.2, -0.15) is 0 Å². The van der Waals surface area contributed by atoms with Gasteiger partial charge in [0.25, 0.3) is 5.69 Å². The van der Waals surface area contributed by atoms with Crippen molar-refractivity contribution in [3.8, 4) is 0 Å². The zero-order valence-electron chi connectivity index (χ0n) is 13.3. The highest BCUT2D eigenvalue weighted by atomic mass is 32.2. The van der Waals surface area contributed by atoms with Gasteiger partial charge in [0.2, 0.25) is 10.0 Å². The number of benzene rings is 1. The van der Waals surface area contributed by atoms with Gasteiger partial charge in [-0.25, -0.2) is 18.5 Å². The number of nitrogens with one attached hydrogen (secondary N) is 1. The summed E-state index contributed by atoms with van der Waals surface area (Å²) in [4.78, 5) is 16.8. The standard InChI is InChI=1S/C15H17N5O4S/c16-25(23,24)12-4-5-13(14(9-12)20(21)22)18-11-3-6-15(17-10-11)19-7-1-2-8-19/h3-6,9-10,18H,1-2,7-8H2,(H2,16,23,24). The van der Waals surface area contributed by atoms with Crippen molar-refractivity contribution in [3.63, 3.8) is 0 Å². The highest BCUT2D eigenvalue weighted by Crippen LogP contribution is 2.30. The van der Waals surface area contributed by atoms with Crippen LogP contribution in [-0.2, 0) is 10.0 Å². The van der Waals surface area contributed by atoms with Crippen LogP contribution in [-0.4, -0.2) is 31.4 Å². The van der Waals surface area contributed by atoms with Crippen molar-refractivity contribution in [2.45, 2.75) is 17.7 Å². The first kappa shape index (κ1) is 17.1. The molecule has 3 N–H and O–H groups in total. The van der Waals surface area contributed by atoms with Gasteiger partial charge in [0.1, 0.15) is 11.5 Å². The van der Waals surface area contributed by atoms with E-state index in [1.54, 1.807) is 12.3 Å². The lowest BCUT2D eigenvalue weighted by atomic mass is 10.2. The Balaban J connectivity index is 1.85. The van der Waals surface area contributed by atoms with E-state index in [9.17, 15) is 18.5 Å². The first-order valence-corrected chi connectivity index (χ1v) is 9.18. The van der Waals surface area contributed by atoms with E-state index in [0.29, 0.717) is 5.69 Å². The Morgan fingerprint density at radius 1 is 1.20 bits per heavy atom. The summed E-state index contributed by atoms with van der Waals surface area (Å²) in [6.45, 7) is 1.94. The number of nitro benzene ring substituents is 1. The first-order valence-electron chi connectivity index (χ1n) is 7.64. The molecule has 0 bridgehead atoms. The van der Waals surface area contributed by atoms with Crippen LogP contribution in [0, 0.1) is 10.1 Å². The van der Waals surface area contributed by atoms with Crippen molar-refractivity contribution in [1.29, 1.82) is 0 Å². The lowest BCUT2D eigenvalue weighted by Gasteiger charge is -2.16. The predicted octanol–water partition coefficient (Wildman–Crippen LogP) is 1.98. The molecule has 9 nitrogen and oxygen atoms in total. The molecule has 0 saturated carbocycles. The molecule has 10 heteroatoms. The lowest BCUT2D eigenvalue weighted by molar-refractivity contribution is -0.384. The van der Waals surface area contributed by atoms with Crippen molar-refractivity contribution in [3.05, 3.63) is 46.6 Å². The van der Waals surface area contributed by atoms with E-state index in [0.717, 1.165) is 37.8 Å². The minimum Gasteiger partial charge on any atom is -0.357 e. The third-order valence-electron chi connectivity index (χ3n) is 3.95. The Bertz CT molecular complexity index is 893. The van der Waals surface area contributed by atoms with Gasteiger partial charge in [-0.15, -0.1) is 0 Å². The van der Waals surface area contributed by atoms with Crippen molar-refractivity contribution in [1.82, 2.24) is 4.98 Å². The number of nitro groups is 1. The first-order chi connectivity index (χ1) is 11.8. The smallest absolute Gasteiger partial charge is 0.294 e. The number of nitrogens with two attached hydrogens (primary N) is 1. The van der Waals surface area contributed by atoms with Gasteiger partial charge < -0.3 is 10.2 Å².